The van der Waals surface area contributed by atoms with Crippen molar-refractivity contribution in [2.24, 2.45) is 5.73 Å². The summed E-state index contributed by atoms with van der Waals surface area (Å²) in [6, 6.07) is 1.70. The lowest BCUT2D eigenvalue weighted by Crippen LogP contribution is -2.34. The van der Waals surface area contributed by atoms with E-state index in [1.54, 1.807) is 0 Å². The van der Waals surface area contributed by atoms with Gasteiger partial charge in [-0.1, -0.05) is 26.8 Å². The number of aryl methyl sites for hydroxylation is 1. The van der Waals surface area contributed by atoms with Crippen molar-refractivity contribution in [3.05, 3.63) is 23.4 Å². The van der Waals surface area contributed by atoms with Crippen LogP contribution in [0.1, 0.15) is 38.3 Å². The zero-order chi connectivity index (χ0) is 12.6. The number of rotatable bonds is 0. The second-order valence-corrected chi connectivity index (χ2v) is 5.62. The van der Waals surface area contributed by atoms with Gasteiger partial charge in [0.2, 0.25) is 5.91 Å². The van der Waals surface area contributed by atoms with Crippen molar-refractivity contribution in [3.63, 3.8) is 0 Å². The van der Waals surface area contributed by atoms with Gasteiger partial charge >= 0.3 is 0 Å². The maximum atomic E-state index is 11.6. The van der Waals surface area contributed by atoms with Crippen LogP contribution >= 0.6 is 0 Å². The van der Waals surface area contributed by atoms with Gasteiger partial charge < -0.3 is 11.1 Å². The molecule has 2 heterocycles. The van der Waals surface area contributed by atoms with Gasteiger partial charge in [0.15, 0.2) is 0 Å². The lowest BCUT2D eigenvalue weighted by atomic mass is 9.87. The van der Waals surface area contributed by atoms with Crippen LogP contribution in [0.25, 0.3) is 0 Å². The highest BCUT2D eigenvalue weighted by atomic mass is 16.2. The van der Waals surface area contributed by atoms with Crippen molar-refractivity contribution in [3.8, 4) is 0 Å². The fourth-order valence-corrected chi connectivity index (χ4v) is 1.88. The molecule has 92 valence electrons. The number of carbonyl (C=O) groups is 1. The fourth-order valence-electron chi connectivity index (χ4n) is 1.88. The van der Waals surface area contributed by atoms with Gasteiger partial charge in [0.05, 0.1) is 6.04 Å². The van der Waals surface area contributed by atoms with E-state index in [1.807, 2.05) is 6.20 Å². The first-order chi connectivity index (χ1) is 7.88. The second kappa shape index (κ2) is 4.11. The van der Waals surface area contributed by atoms with Crippen LogP contribution in [0.4, 0.5) is 5.82 Å². The number of nitrogens with one attached hydrogen (secondary N) is 1. The highest BCUT2D eigenvalue weighted by Crippen LogP contribution is 2.27. The molecule has 0 radical (unpaired) electrons. The Hall–Kier alpha value is -1.42. The van der Waals surface area contributed by atoms with Crippen LogP contribution in [0.2, 0.25) is 0 Å². The van der Waals surface area contributed by atoms with E-state index in [1.165, 1.54) is 5.56 Å². The number of hydrogen-bond acceptors (Lipinski definition) is 3. The van der Waals surface area contributed by atoms with E-state index in [2.05, 4.69) is 37.1 Å². The van der Waals surface area contributed by atoms with Gasteiger partial charge in [0.1, 0.15) is 5.82 Å². The van der Waals surface area contributed by atoms with E-state index in [4.69, 9.17) is 5.73 Å². The van der Waals surface area contributed by atoms with Gasteiger partial charge in [0, 0.05) is 6.20 Å². The molecule has 0 saturated carbocycles. The van der Waals surface area contributed by atoms with Gasteiger partial charge in [-0.2, -0.15) is 0 Å². The summed E-state index contributed by atoms with van der Waals surface area (Å²) < 4.78 is 0. The molecule has 0 spiro atoms. The van der Waals surface area contributed by atoms with E-state index >= 15 is 0 Å². The van der Waals surface area contributed by atoms with Crippen molar-refractivity contribution in [1.29, 1.82) is 0 Å². The Balaban J connectivity index is 2.38. The van der Waals surface area contributed by atoms with E-state index in [-0.39, 0.29) is 11.3 Å². The SMILES string of the molecule is CC(C)(C)c1cnc2c(c1)CC[C@@H](N)C(=O)N2. The summed E-state index contributed by atoms with van der Waals surface area (Å²) in [5, 5.41) is 2.78. The van der Waals surface area contributed by atoms with Crippen LogP contribution in [-0.2, 0) is 16.6 Å². The number of pyridine rings is 1. The van der Waals surface area contributed by atoms with E-state index < -0.39 is 6.04 Å². The Morgan fingerprint density at radius 1 is 1.47 bits per heavy atom. The number of fused-ring (bicyclic) bond motifs is 1. The number of amides is 1. The van der Waals surface area contributed by atoms with Crippen molar-refractivity contribution in [2.75, 3.05) is 5.32 Å². The fraction of sp³-hybridized carbons (Fsp3) is 0.538. The Kier molecular flexibility index (Phi) is 2.91. The van der Waals surface area contributed by atoms with Crippen molar-refractivity contribution < 1.29 is 4.79 Å². The standard InChI is InChI=1S/C13H19N3O/c1-13(2,3)9-6-8-4-5-10(14)12(17)16-11(8)15-7-9/h6-7,10H,4-5,14H2,1-3H3,(H,15,16,17)/t10-/m1/s1. The zero-order valence-electron chi connectivity index (χ0n) is 10.6. The summed E-state index contributed by atoms with van der Waals surface area (Å²) in [6.45, 7) is 6.45. The van der Waals surface area contributed by atoms with Gasteiger partial charge in [-0.3, -0.25) is 4.79 Å². The molecule has 0 saturated heterocycles. The van der Waals surface area contributed by atoms with Crippen LogP contribution in [0, 0.1) is 0 Å². The molecule has 0 fully saturated rings. The monoisotopic (exact) mass is 233 g/mol. The molecule has 0 aromatic carbocycles. The molecule has 0 bridgehead atoms. The molecule has 1 aliphatic rings. The first-order valence-electron chi connectivity index (χ1n) is 5.94. The average molecular weight is 233 g/mol. The van der Waals surface area contributed by atoms with Crippen molar-refractivity contribution in [1.82, 2.24) is 4.98 Å². The minimum atomic E-state index is -0.428. The molecule has 0 aliphatic carbocycles. The van der Waals surface area contributed by atoms with Crippen LogP contribution in [0.15, 0.2) is 12.3 Å². The highest BCUT2D eigenvalue weighted by Gasteiger charge is 2.23. The molecule has 4 nitrogen and oxygen atoms in total. The first kappa shape index (κ1) is 12.0. The highest BCUT2D eigenvalue weighted by molar-refractivity contribution is 5.95. The van der Waals surface area contributed by atoms with Gasteiger partial charge in [-0.25, -0.2) is 4.98 Å². The first-order valence-corrected chi connectivity index (χ1v) is 5.94. The smallest absolute Gasteiger partial charge is 0.242 e. The molecular weight excluding hydrogens is 214 g/mol. The molecule has 1 amide bonds. The van der Waals surface area contributed by atoms with E-state index in [0.717, 1.165) is 12.0 Å². The summed E-state index contributed by atoms with van der Waals surface area (Å²) in [4.78, 5) is 15.9. The molecule has 2 rings (SSSR count). The van der Waals surface area contributed by atoms with Gasteiger partial charge in [-0.15, -0.1) is 0 Å². The topological polar surface area (TPSA) is 68.0 Å². The van der Waals surface area contributed by atoms with Crippen LogP contribution in [0.5, 0.6) is 0 Å². The Labute approximate surface area is 102 Å². The van der Waals surface area contributed by atoms with Crippen LogP contribution in [0.3, 0.4) is 0 Å². The third-order valence-corrected chi connectivity index (χ3v) is 3.14. The summed E-state index contributed by atoms with van der Waals surface area (Å²) in [6.07, 6.45) is 3.30. The Bertz CT molecular complexity index is 448. The second-order valence-electron chi connectivity index (χ2n) is 5.62. The lowest BCUT2D eigenvalue weighted by molar-refractivity contribution is -0.117. The molecule has 1 aromatic heterocycles. The minimum Gasteiger partial charge on any atom is -0.320 e. The Morgan fingerprint density at radius 2 is 2.18 bits per heavy atom. The van der Waals surface area contributed by atoms with E-state index in [9.17, 15) is 4.79 Å². The predicted molar refractivity (Wildman–Crippen MR) is 67.9 cm³/mol. The normalized spacial score (nSPS) is 20.5. The summed E-state index contributed by atoms with van der Waals surface area (Å²) in [7, 11) is 0. The third-order valence-electron chi connectivity index (χ3n) is 3.14. The predicted octanol–water partition coefficient (Wildman–Crippen LogP) is 1.59. The maximum absolute atomic E-state index is 11.6. The average Bonchev–Trinajstić information content (AvgIpc) is 2.38. The number of carbonyl (C=O) groups excluding carboxylic acids is 1. The third kappa shape index (κ3) is 2.47. The lowest BCUT2D eigenvalue weighted by Gasteiger charge is -2.20. The number of nitrogens with two attached hydrogens (primary N) is 1. The van der Waals surface area contributed by atoms with Crippen molar-refractivity contribution >= 4 is 11.7 Å². The number of aromatic nitrogens is 1. The maximum Gasteiger partial charge on any atom is 0.242 e. The van der Waals surface area contributed by atoms with E-state index in [0.29, 0.717) is 12.2 Å². The summed E-state index contributed by atoms with van der Waals surface area (Å²) >= 11 is 0. The van der Waals surface area contributed by atoms with Crippen LogP contribution < -0.4 is 11.1 Å². The quantitative estimate of drug-likeness (QED) is 0.715. The summed E-state index contributed by atoms with van der Waals surface area (Å²) in [5.74, 6) is 0.524. The molecule has 1 aliphatic heterocycles. The molecule has 4 heteroatoms. The number of nitrogens with zero attached hydrogens (tertiary/aromatic N) is 1. The number of hydrogen-bond donors (Lipinski definition) is 2. The van der Waals surface area contributed by atoms with Gasteiger partial charge in [0.25, 0.3) is 0 Å². The largest absolute Gasteiger partial charge is 0.320 e. The number of anilines is 1. The van der Waals surface area contributed by atoms with Crippen LogP contribution in [-0.4, -0.2) is 16.9 Å². The molecule has 3 N–H and O–H groups in total. The molecule has 1 atom stereocenters. The minimum absolute atomic E-state index is 0.0699. The molecule has 17 heavy (non-hydrogen) atoms. The van der Waals surface area contributed by atoms with Crippen molar-refractivity contribution in [2.45, 2.75) is 45.1 Å². The molecular formula is C13H19N3O. The zero-order valence-corrected chi connectivity index (χ0v) is 10.6. The molecule has 0 unspecified atom stereocenters. The Morgan fingerprint density at radius 3 is 2.82 bits per heavy atom. The molecule has 1 aromatic rings. The van der Waals surface area contributed by atoms with Gasteiger partial charge in [-0.05, 0) is 29.4 Å². The summed E-state index contributed by atoms with van der Waals surface area (Å²) in [5.41, 5.74) is 8.08.